The summed E-state index contributed by atoms with van der Waals surface area (Å²) < 4.78 is 17.1. The molecule has 8 unspecified atom stereocenters. The van der Waals surface area contributed by atoms with Crippen molar-refractivity contribution in [2.24, 2.45) is 34.0 Å². The molecule has 71 heavy (non-hydrogen) atoms. The van der Waals surface area contributed by atoms with Crippen LogP contribution in [0.3, 0.4) is 0 Å². The number of methoxy groups -OCH3 is 1. The first-order valence-corrected chi connectivity index (χ1v) is 22.5. The number of phenols is 1. The summed E-state index contributed by atoms with van der Waals surface area (Å²) in [6.45, 7) is -1.61. The molecule has 0 bridgehead atoms. The Bertz CT molecular complexity index is 2650. The third-order valence-corrected chi connectivity index (χ3v) is 13.3. The molecule has 0 radical (unpaired) electrons. The highest BCUT2D eigenvalue weighted by Gasteiger charge is 2.68. The number of aromatic hydroxyl groups is 1. The maximum atomic E-state index is 15.0. The number of carbonyl (C=O) groups is 4. The number of ether oxygens (including phenoxy) is 3. The Kier molecular flexibility index (Phi) is 15.4. The maximum absolute atomic E-state index is 15.0. The molecule has 4 heterocycles. The largest absolute Gasteiger partial charge is 0.507 e. The van der Waals surface area contributed by atoms with E-state index in [1.54, 1.807) is 18.4 Å². The molecule has 24 nitrogen and oxygen atoms in total. The SMILES string of the molecule is CN=C(N)NCc1c(CC(CCCO)C2=CNC(N)C=C2)cc2c(c1O)C(=O)c1c(OC3OC(O)(C(O)O)C(O)(CC(CN4C(=O)C=CC4=O)C4=CCNC(N)=C4)C(O)C3O)cc(OC)c(CO)c1C2=O. The number of hydrogen-bond donors (Lipinski definition) is 15. The summed E-state index contributed by atoms with van der Waals surface area (Å²) in [6, 6.07) is 2.43. The molecule has 0 saturated carbocycles. The fourth-order valence-electron chi connectivity index (χ4n) is 9.53. The minimum atomic E-state index is -3.68. The molecule has 24 heteroatoms. The van der Waals surface area contributed by atoms with Crippen molar-refractivity contribution in [2.45, 2.75) is 81.2 Å². The van der Waals surface area contributed by atoms with Gasteiger partial charge in [0.2, 0.25) is 18.4 Å². The van der Waals surface area contributed by atoms with Crippen molar-refractivity contribution >= 4 is 29.3 Å². The molecule has 5 aliphatic rings. The highest BCUT2D eigenvalue weighted by atomic mass is 16.8. The molecular weight excluding hydrogens is 933 g/mol. The van der Waals surface area contributed by atoms with Crippen molar-refractivity contribution < 1.29 is 79.3 Å². The molecule has 2 aromatic carbocycles. The third-order valence-electron chi connectivity index (χ3n) is 13.3. The number of hydrogen-bond acceptors (Lipinski definition) is 21. The molecular formula is C47H58N8O16. The second-order valence-electron chi connectivity index (χ2n) is 17.6. The number of carbonyl (C=O) groups excluding carboxylic acids is 4. The van der Waals surface area contributed by atoms with Crippen LogP contribution in [0.25, 0.3) is 0 Å². The van der Waals surface area contributed by atoms with E-state index < -0.39 is 119 Å². The van der Waals surface area contributed by atoms with E-state index in [1.165, 1.54) is 19.2 Å². The van der Waals surface area contributed by atoms with Gasteiger partial charge in [0, 0.05) is 85.9 Å². The number of aliphatic hydroxyl groups excluding tert-OH is 5. The number of dihydropyridines is 2. The molecule has 18 N–H and O–H groups in total. The first-order chi connectivity index (χ1) is 33.7. The summed E-state index contributed by atoms with van der Waals surface area (Å²) in [5, 5.41) is 111. The summed E-state index contributed by atoms with van der Waals surface area (Å²) in [7, 11) is 2.58. The first-order valence-electron chi connectivity index (χ1n) is 22.5. The molecule has 2 amide bonds. The van der Waals surface area contributed by atoms with Gasteiger partial charge in [0.1, 0.15) is 29.5 Å². The number of aliphatic imine (C=N–C) groups is 1. The van der Waals surface area contributed by atoms with Crippen molar-refractivity contribution in [3.8, 4) is 17.2 Å². The Morgan fingerprint density at radius 1 is 1.00 bits per heavy atom. The van der Waals surface area contributed by atoms with E-state index in [0.29, 0.717) is 18.4 Å². The van der Waals surface area contributed by atoms with Gasteiger partial charge in [-0.1, -0.05) is 12.2 Å². The third kappa shape index (κ3) is 9.73. The van der Waals surface area contributed by atoms with Crippen LogP contribution in [-0.4, -0.2) is 156 Å². The summed E-state index contributed by atoms with van der Waals surface area (Å²) in [5.41, 5.74) is 14.1. The van der Waals surface area contributed by atoms with Crippen LogP contribution in [0.5, 0.6) is 17.2 Å². The topological polar surface area (TPSA) is 408 Å². The van der Waals surface area contributed by atoms with Gasteiger partial charge in [0.25, 0.3) is 17.6 Å². The number of nitrogens with two attached hydrogens (primary N) is 3. The summed E-state index contributed by atoms with van der Waals surface area (Å²) >= 11 is 0. The molecule has 4 aliphatic heterocycles. The molecule has 7 rings (SSSR count). The van der Waals surface area contributed by atoms with Gasteiger partial charge in [-0.3, -0.25) is 29.1 Å². The van der Waals surface area contributed by atoms with Crippen LogP contribution in [0, 0.1) is 11.8 Å². The van der Waals surface area contributed by atoms with Crippen LogP contribution >= 0.6 is 0 Å². The summed E-state index contributed by atoms with van der Waals surface area (Å²) in [6.07, 6.45) is -0.780. The molecule has 1 aliphatic carbocycles. The minimum Gasteiger partial charge on any atom is -0.507 e. The number of ketones is 2. The van der Waals surface area contributed by atoms with Gasteiger partial charge in [-0.2, -0.15) is 0 Å². The van der Waals surface area contributed by atoms with Crippen molar-refractivity contribution in [1.82, 2.24) is 20.9 Å². The van der Waals surface area contributed by atoms with Gasteiger partial charge >= 0.3 is 0 Å². The van der Waals surface area contributed by atoms with Crippen molar-refractivity contribution in [2.75, 3.05) is 33.9 Å². The van der Waals surface area contributed by atoms with Crippen LogP contribution in [0.4, 0.5) is 0 Å². The van der Waals surface area contributed by atoms with E-state index >= 15 is 4.79 Å². The number of fused-ring (bicyclic) bond motifs is 2. The zero-order chi connectivity index (χ0) is 51.7. The van der Waals surface area contributed by atoms with E-state index in [4.69, 9.17) is 31.4 Å². The van der Waals surface area contributed by atoms with Gasteiger partial charge in [-0.15, -0.1) is 0 Å². The van der Waals surface area contributed by atoms with E-state index in [2.05, 4.69) is 20.9 Å². The lowest BCUT2D eigenvalue weighted by Gasteiger charge is -2.54. The molecule has 8 atom stereocenters. The average Bonchev–Trinajstić information content (AvgIpc) is 3.66. The Balaban J connectivity index is 1.30. The number of nitrogens with zero attached hydrogens (tertiary/aromatic N) is 2. The fourth-order valence-corrected chi connectivity index (χ4v) is 9.53. The lowest BCUT2D eigenvalue weighted by Crippen LogP contribution is -2.77. The van der Waals surface area contributed by atoms with Crippen molar-refractivity contribution in [1.29, 1.82) is 0 Å². The van der Waals surface area contributed by atoms with E-state index in [1.807, 2.05) is 6.08 Å². The monoisotopic (exact) mass is 990 g/mol. The number of allylic oxidation sites excluding steroid dienone is 3. The smallest absolute Gasteiger partial charge is 0.253 e. The molecule has 0 spiro atoms. The van der Waals surface area contributed by atoms with Crippen molar-refractivity contribution in [3.05, 3.63) is 111 Å². The second kappa shape index (κ2) is 20.9. The number of guanidine groups is 1. The highest BCUT2D eigenvalue weighted by molar-refractivity contribution is 6.31. The van der Waals surface area contributed by atoms with E-state index in [9.17, 15) is 60.3 Å². The normalized spacial score (nSPS) is 26.0. The van der Waals surface area contributed by atoms with Gasteiger partial charge in [-0.25, -0.2) is 0 Å². The zero-order valence-electron chi connectivity index (χ0n) is 38.6. The van der Waals surface area contributed by atoms with Crippen molar-refractivity contribution in [3.63, 3.8) is 0 Å². The van der Waals surface area contributed by atoms with E-state index in [-0.39, 0.29) is 71.8 Å². The number of rotatable bonds is 18. The lowest BCUT2D eigenvalue weighted by atomic mass is 9.73. The molecule has 1 fully saturated rings. The van der Waals surface area contributed by atoms with Crippen LogP contribution < -0.4 is 42.6 Å². The molecule has 382 valence electrons. The standard InChI is InChI=1S/C47H58N8O16/c1-51-45(50)54-18-27-24(12-21(4-3-11-56)23-5-6-31(48)53-17-23)13-26-36(39(27)61)40(62)37-30(15-29(69-2)28(20-57)35(37)38(26)60)70-43-41(63)42(64)46(67,47(68,71-43)44(65)66)16-25(22-9-10-52-32(49)14-22)19-55-33(58)7-8-34(55)59/h5-9,13-15,17,21,25,31,41-44,52-53,56-57,61,63-68H,3-4,10-12,16,18-20,48-49H2,1-2H3,(H3,50,51,54). The van der Waals surface area contributed by atoms with Gasteiger partial charge in [-0.05, 0) is 66.5 Å². The van der Waals surface area contributed by atoms with Gasteiger partial charge < -0.3 is 93.3 Å². The molecule has 0 aromatic heterocycles. The zero-order valence-corrected chi connectivity index (χ0v) is 38.6. The minimum absolute atomic E-state index is 0.0354. The predicted molar refractivity (Wildman–Crippen MR) is 248 cm³/mol. The van der Waals surface area contributed by atoms with Crippen LogP contribution in [0.15, 0.2) is 76.7 Å². The van der Waals surface area contributed by atoms with Crippen LogP contribution in [-0.2, 0) is 33.9 Å². The number of nitrogens with one attached hydrogen (secondary N) is 3. The summed E-state index contributed by atoms with van der Waals surface area (Å²) in [5.74, 6) is -10.2. The first kappa shape index (κ1) is 52.1. The molecule has 2 aromatic rings. The Morgan fingerprint density at radius 3 is 2.32 bits per heavy atom. The van der Waals surface area contributed by atoms with Crippen LogP contribution in [0.1, 0.15) is 67.8 Å². The quantitative estimate of drug-likeness (QED) is 0.0253. The fraction of sp³-hybridized carbons (Fsp3) is 0.426. The number of aliphatic hydroxyl groups is 8. The lowest BCUT2D eigenvalue weighted by molar-refractivity contribution is -0.456. The number of imide groups is 1. The average molecular weight is 991 g/mol. The number of amides is 2. The predicted octanol–water partition coefficient (Wildman–Crippen LogP) is -3.59. The maximum Gasteiger partial charge on any atom is 0.253 e. The Morgan fingerprint density at radius 2 is 1.72 bits per heavy atom. The Hall–Kier alpha value is -6.71. The number of phenolic OH excluding ortho intramolecular Hbond substituents is 1. The molecule has 1 saturated heterocycles. The summed E-state index contributed by atoms with van der Waals surface area (Å²) in [4.78, 5) is 60.0. The Labute approximate surface area is 405 Å². The van der Waals surface area contributed by atoms with Gasteiger partial charge in [0.15, 0.2) is 17.3 Å². The second-order valence-corrected chi connectivity index (χ2v) is 17.6. The van der Waals surface area contributed by atoms with Crippen LogP contribution in [0.2, 0.25) is 0 Å². The number of benzene rings is 2. The van der Waals surface area contributed by atoms with Gasteiger partial charge in [0.05, 0.1) is 36.8 Å². The van der Waals surface area contributed by atoms with E-state index in [0.717, 1.165) is 35.8 Å². The highest BCUT2D eigenvalue weighted by Crippen LogP contribution is 2.48.